The van der Waals surface area contributed by atoms with Crippen LogP contribution in [0.15, 0.2) is 25.6 Å². The molecular weight excluding hydrogens is 378 g/mol. The molecule has 6 heteroatoms. The molecule has 0 atom stereocenters. The summed E-state index contributed by atoms with van der Waals surface area (Å²) in [5.41, 5.74) is 0. The van der Waals surface area contributed by atoms with Crippen LogP contribution in [0.1, 0.15) is 0 Å². The lowest BCUT2D eigenvalue weighted by molar-refractivity contribution is -0.0509. The number of rotatable bonds is 2. The van der Waals surface area contributed by atoms with Gasteiger partial charge in [-0.15, -0.1) is 0 Å². The Hall–Kier alpha value is 0.320. The summed E-state index contributed by atoms with van der Waals surface area (Å²) in [7, 11) is 0. The molecule has 0 aliphatic rings. The molecule has 0 saturated carbocycles. The third-order valence-electron chi connectivity index (χ3n) is 1.21. The summed E-state index contributed by atoms with van der Waals surface area (Å²) in [5.74, 6) is 0.0874. The summed E-state index contributed by atoms with van der Waals surface area (Å²) in [6, 6.07) is 3.33. The zero-order chi connectivity index (χ0) is 10.0. The minimum atomic E-state index is -2.83. The van der Waals surface area contributed by atoms with Crippen molar-refractivity contribution >= 4 is 47.8 Å². The highest BCUT2D eigenvalue weighted by Gasteiger charge is 2.13. The molecule has 1 rings (SSSR count). The molecule has 0 spiro atoms. The van der Waals surface area contributed by atoms with Crippen molar-refractivity contribution in [3.8, 4) is 5.75 Å². The summed E-state index contributed by atoms with van der Waals surface area (Å²) in [5, 5.41) is 0. The Morgan fingerprint density at radius 3 is 2.15 bits per heavy atom. The van der Waals surface area contributed by atoms with E-state index >= 15 is 0 Å². The molecule has 0 saturated heterocycles. The lowest BCUT2D eigenvalue weighted by Crippen LogP contribution is -2.03. The van der Waals surface area contributed by atoms with E-state index in [2.05, 4.69) is 52.5 Å². The topological polar surface area (TPSA) is 9.23 Å². The summed E-state index contributed by atoms with van der Waals surface area (Å²) < 4.78 is 29.8. The Kier molecular flexibility index (Phi) is 4.12. The van der Waals surface area contributed by atoms with Gasteiger partial charge in [0.2, 0.25) is 0 Å². The van der Waals surface area contributed by atoms with Gasteiger partial charge in [-0.05, 0) is 59.9 Å². The van der Waals surface area contributed by atoms with Gasteiger partial charge >= 0.3 is 6.61 Å². The first-order chi connectivity index (χ1) is 6.02. The molecule has 0 aromatic heterocycles. The number of alkyl halides is 2. The van der Waals surface area contributed by atoms with Crippen molar-refractivity contribution < 1.29 is 13.5 Å². The van der Waals surface area contributed by atoms with Crippen LogP contribution in [0.3, 0.4) is 0 Å². The quantitative estimate of drug-likeness (QED) is 0.683. The van der Waals surface area contributed by atoms with E-state index < -0.39 is 6.61 Å². The average Bonchev–Trinajstić information content (AvgIpc) is 2.05. The lowest BCUT2D eigenvalue weighted by Gasteiger charge is -2.09. The molecule has 0 amide bonds. The normalized spacial score (nSPS) is 10.6. The summed E-state index contributed by atoms with van der Waals surface area (Å²) in [6.45, 7) is -2.83. The second kappa shape index (κ2) is 4.70. The van der Waals surface area contributed by atoms with E-state index in [1.54, 1.807) is 12.1 Å². The van der Waals surface area contributed by atoms with E-state index in [0.29, 0.717) is 13.4 Å². The fourth-order valence-corrected chi connectivity index (χ4v) is 2.15. The fourth-order valence-electron chi connectivity index (χ4n) is 0.706. The largest absolute Gasteiger partial charge is 0.432 e. The molecule has 0 heterocycles. The van der Waals surface area contributed by atoms with E-state index in [0.717, 1.165) is 0 Å². The van der Waals surface area contributed by atoms with Crippen LogP contribution in [0, 0.1) is 0 Å². The molecule has 1 aromatic rings. The van der Waals surface area contributed by atoms with Crippen LogP contribution in [0.2, 0.25) is 0 Å². The fraction of sp³-hybridized carbons (Fsp3) is 0.143. The second-order valence-corrected chi connectivity index (χ2v) is 4.55. The highest BCUT2D eigenvalue weighted by Crippen LogP contribution is 2.39. The van der Waals surface area contributed by atoms with Crippen LogP contribution in [-0.4, -0.2) is 6.61 Å². The molecule has 0 aliphatic heterocycles. The van der Waals surface area contributed by atoms with Gasteiger partial charge in [0.25, 0.3) is 0 Å². The van der Waals surface area contributed by atoms with Crippen molar-refractivity contribution in [2.24, 2.45) is 0 Å². The first-order valence-electron chi connectivity index (χ1n) is 3.10. The van der Waals surface area contributed by atoms with Crippen molar-refractivity contribution in [3.05, 3.63) is 25.6 Å². The Bertz CT molecular complexity index is 317. The van der Waals surface area contributed by atoms with E-state index in [4.69, 9.17) is 0 Å². The van der Waals surface area contributed by atoms with Crippen molar-refractivity contribution in [2.75, 3.05) is 0 Å². The highest BCUT2D eigenvalue weighted by atomic mass is 79.9. The molecule has 0 radical (unpaired) electrons. The van der Waals surface area contributed by atoms with Crippen molar-refractivity contribution in [1.29, 1.82) is 0 Å². The lowest BCUT2D eigenvalue weighted by atomic mass is 10.3. The van der Waals surface area contributed by atoms with Gasteiger partial charge < -0.3 is 4.74 Å². The number of ether oxygens (including phenoxy) is 1. The summed E-state index contributed by atoms with van der Waals surface area (Å²) in [6.07, 6.45) is 0. The maximum Gasteiger partial charge on any atom is 0.387 e. The van der Waals surface area contributed by atoms with E-state index in [1.165, 1.54) is 0 Å². The minimum absolute atomic E-state index is 0.0874. The van der Waals surface area contributed by atoms with Crippen LogP contribution < -0.4 is 4.74 Å². The predicted octanol–water partition coefficient (Wildman–Crippen LogP) is 4.58. The van der Waals surface area contributed by atoms with Crippen LogP contribution in [0.25, 0.3) is 0 Å². The number of halogens is 5. The summed E-state index contributed by atoms with van der Waals surface area (Å²) in [4.78, 5) is 0. The average molecular weight is 381 g/mol. The zero-order valence-corrected chi connectivity index (χ0v) is 10.8. The molecule has 0 aliphatic carbocycles. The van der Waals surface area contributed by atoms with Gasteiger partial charge in [-0.25, -0.2) is 0 Å². The Morgan fingerprint density at radius 2 is 1.62 bits per heavy atom. The first kappa shape index (κ1) is 11.4. The number of benzene rings is 1. The summed E-state index contributed by atoms with van der Waals surface area (Å²) >= 11 is 9.40. The monoisotopic (exact) mass is 378 g/mol. The van der Waals surface area contributed by atoms with Crippen LogP contribution in [-0.2, 0) is 0 Å². The molecule has 0 unspecified atom stereocenters. The van der Waals surface area contributed by atoms with Gasteiger partial charge in [0.15, 0.2) is 5.75 Å². The second-order valence-electron chi connectivity index (χ2n) is 2.05. The van der Waals surface area contributed by atoms with Crippen LogP contribution in [0.4, 0.5) is 8.78 Å². The smallest absolute Gasteiger partial charge is 0.387 e. The molecule has 0 N–H and O–H groups in total. The SMILES string of the molecule is FC(F)Oc1c(Br)ccc(Br)c1Br. The predicted molar refractivity (Wildman–Crippen MR) is 56.2 cm³/mol. The first-order valence-corrected chi connectivity index (χ1v) is 5.48. The molecule has 0 fully saturated rings. The van der Waals surface area contributed by atoms with Gasteiger partial charge in [0.1, 0.15) is 0 Å². The Morgan fingerprint density at radius 1 is 1.08 bits per heavy atom. The van der Waals surface area contributed by atoms with Gasteiger partial charge in [-0.1, -0.05) is 0 Å². The third-order valence-corrected chi connectivity index (χ3v) is 3.81. The van der Waals surface area contributed by atoms with E-state index in [1.807, 2.05) is 0 Å². The molecule has 1 aromatic carbocycles. The molecular formula is C7H3Br3F2O. The van der Waals surface area contributed by atoms with E-state index in [9.17, 15) is 8.78 Å². The van der Waals surface area contributed by atoms with Gasteiger partial charge in [0.05, 0.1) is 8.95 Å². The standard InChI is InChI=1S/C7H3Br3F2O/c8-3-1-2-4(9)6(5(3)10)13-7(11)12/h1-2,7H. The maximum atomic E-state index is 11.9. The highest BCUT2D eigenvalue weighted by molar-refractivity contribution is 9.13. The molecule has 72 valence electrons. The maximum absolute atomic E-state index is 11.9. The minimum Gasteiger partial charge on any atom is -0.432 e. The van der Waals surface area contributed by atoms with Crippen molar-refractivity contribution in [1.82, 2.24) is 0 Å². The molecule has 1 nitrogen and oxygen atoms in total. The van der Waals surface area contributed by atoms with E-state index in [-0.39, 0.29) is 5.75 Å². The zero-order valence-electron chi connectivity index (χ0n) is 6.03. The van der Waals surface area contributed by atoms with Gasteiger partial charge in [-0.3, -0.25) is 0 Å². The molecule has 13 heavy (non-hydrogen) atoms. The Balaban J connectivity index is 3.10. The third kappa shape index (κ3) is 2.89. The number of hydrogen-bond donors (Lipinski definition) is 0. The van der Waals surface area contributed by atoms with Crippen molar-refractivity contribution in [3.63, 3.8) is 0 Å². The Labute approximate surface area is 98.8 Å². The van der Waals surface area contributed by atoms with Gasteiger partial charge in [0, 0.05) is 4.47 Å². The van der Waals surface area contributed by atoms with Crippen LogP contribution in [0.5, 0.6) is 5.75 Å². The van der Waals surface area contributed by atoms with Crippen molar-refractivity contribution in [2.45, 2.75) is 6.61 Å². The number of hydrogen-bond acceptors (Lipinski definition) is 1. The van der Waals surface area contributed by atoms with Crippen LogP contribution >= 0.6 is 47.8 Å². The molecule has 0 bridgehead atoms. The van der Waals surface area contributed by atoms with Gasteiger partial charge in [-0.2, -0.15) is 8.78 Å².